The van der Waals surface area contributed by atoms with Crippen LogP contribution < -0.4 is 14.8 Å². The largest absolute Gasteiger partial charge is 2.00 e. The van der Waals surface area contributed by atoms with Crippen LogP contribution in [0.25, 0.3) is 44.6 Å². The molecule has 13 rings (SSSR count). The molecule has 111 heavy (non-hydrogen) atoms. The summed E-state index contributed by atoms with van der Waals surface area (Å²) in [4.78, 5) is 23.5. The number of nitrogens with zero attached hydrogens (tertiary/aromatic N) is 4. The number of benzene rings is 6. The van der Waals surface area contributed by atoms with Crippen molar-refractivity contribution >= 4 is 80.6 Å². The molecule has 5 heterocycles. The summed E-state index contributed by atoms with van der Waals surface area (Å²) in [6.07, 6.45) is 18.4. The van der Waals surface area contributed by atoms with Gasteiger partial charge in [-0.1, -0.05) is 182 Å². The molecule has 0 spiro atoms. The van der Waals surface area contributed by atoms with Gasteiger partial charge in [0.15, 0.2) is 5.75 Å². The molecule has 16 nitrogen and oxygen atoms in total. The Bertz CT molecular complexity index is 4740. The molecule has 1 saturated heterocycles. The Kier molecular flexibility index (Phi) is 34.3. The predicted octanol–water partition coefficient (Wildman–Crippen LogP) is 23.0. The van der Waals surface area contributed by atoms with Gasteiger partial charge in [-0.3, -0.25) is 4.55 Å². The van der Waals surface area contributed by atoms with Gasteiger partial charge in [0, 0.05) is 13.5 Å². The number of nitrogens with one attached hydrogen (secondary N) is 1. The number of ether oxygens (including phenoxy) is 4. The molecule has 0 atom stereocenters. The van der Waals surface area contributed by atoms with Gasteiger partial charge in [-0.05, 0) is 196 Å². The summed E-state index contributed by atoms with van der Waals surface area (Å²) >= 11 is 3.46. The summed E-state index contributed by atoms with van der Waals surface area (Å²) in [6, 6.07) is 60.2. The van der Waals surface area contributed by atoms with Gasteiger partial charge in [0.2, 0.25) is 0 Å². The second-order valence-corrected chi connectivity index (χ2v) is 35.6. The van der Waals surface area contributed by atoms with Crippen molar-refractivity contribution in [2.24, 2.45) is 0 Å². The van der Waals surface area contributed by atoms with Gasteiger partial charge >= 0.3 is 39.5 Å². The van der Waals surface area contributed by atoms with Crippen molar-refractivity contribution in [3.05, 3.63) is 262 Å². The van der Waals surface area contributed by atoms with Crippen molar-refractivity contribution in [1.29, 1.82) is 0 Å². The molecule has 2 saturated carbocycles. The Morgan fingerprint density at radius 3 is 1.50 bits per heavy atom. The van der Waals surface area contributed by atoms with Crippen molar-refractivity contribution in [2.75, 3.05) is 20.5 Å². The van der Waals surface area contributed by atoms with E-state index in [0.717, 1.165) is 50.3 Å². The van der Waals surface area contributed by atoms with Crippen molar-refractivity contribution in [2.45, 2.75) is 201 Å². The van der Waals surface area contributed by atoms with Gasteiger partial charge in [0.05, 0.1) is 71.7 Å². The van der Waals surface area contributed by atoms with Crippen LogP contribution in [0.1, 0.15) is 219 Å². The molecule has 6 aromatic carbocycles. The molecule has 3 fully saturated rings. The van der Waals surface area contributed by atoms with Crippen LogP contribution in [0.5, 0.6) is 11.5 Å². The first-order valence-electron chi connectivity index (χ1n) is 38.0. The minimum Gasteiger partial charge on any atom is -0.706 e. The van der Waals surface area contributed by atoms with E-state index in [1.807, 2.05) is 151 Å². The van der Waals surface area contributed by atoms with E-state index >= 15 is 0 Å². The van der Waals surface area contributed by atoms with Crippen molar-refractivity contribution in [1.82, 2.24) is 19.2 Å². The third-order valence-electron chi connectivity index (χ3n) is 20.2. The number of aromatic nitrogens is 4. The molecule has 4 aromatic heterocycles. The minimum absolute atomic E-state index is 0. The molecule has 0 unspecified atom stereocenters. The van der Waals surface area contributed by atoms with E-state index in [-0.39, 0.29) is 38.7 Å². The molecular weight excluding hydrogens is 1590 g/mol. The van der Waals surface area contributed by atoms with Gasteiger partial charge in [-0.2, -0.15) is 24.3 Å². The number of esters is 2. The van der Waals surface area contributed by atoms with E-state index < -0.39 is 30.0 Å². The molecular formula is C90H111BBrN5O11PPdS+. The Balaban J connectivity index is 0.000000198. The van der Waals surface area contributed by atoms with Crippen molar-refractivity contribution in [3.63, 3.8) is 0 Å². The standard InChI is InChI=1S/C33H49P.C19H18N2O3.C16H13BrN2O3.C12H9N.C9H17BO2.CH4O3S.Pd/c1-23(2)26-21-30(24(3)4)33(31(22-26)25(5)6)29-19-13-14-20-32(29)34(27-15-9-7-10-16-27)28-17-11-8-12-18-28;1-13(2)18-17(24-12-14-7-5-4-6-8-14)10-9-16-15(19(22)23-3)11-20-21(16)18;1-21-16(20)12-9-18-19-13(12)7-8-14(15(19)17)22-10-11-5-3-2-4-6-11;13-12-9-5-4-8-11(12)10-6-2-1-3-7-10;1-7(2)10-11-8(3,4)9(5,6)12-10;1-5(2,3)4;/h13-14,19-25,27-28H,7-12,15-18H2,1-6H3;4-11H,1,12H2,2-3H3;2-9H,10H2,1H3;1-6,8-9,13H;1H2,2-6H3;1H3,(H,2,3,4);/q;;;-2;;;+2/p+1. The molecule has 0 radical (unpaired) electrons. The monoisotopic (exact) mass is 1700 g/mol. The van der Waals surface area contributed by atoms with Crippen LogP contribution >= 0.6 is 23.9 Å². The predicted molar refractivity (Wildman–Crippen MR) is 456 cm³/mol. The first-order chi connectivity index (χ1) is 52.3. The van der Waals surface area contributed by atoms with Crippen LogP contribution in [0.4, 0.5) is 5.69 Å². The van der Waals surface area contributed by atoms with Crippen LogP contribution in [0.3, 0.4) is 0 Å². The number of methoxy groups -OCH3 is 2. The van der Waals surface area contributed by atoms with E-state index in [1.54, 1.807) is 60.9 Å². The first-order valence-corrected chi connectivity index (χ1v) is 42.3. The van der Waals surface area contributed by atoms with Crippen molar-refractivity contribution < 1.29 is 71.2 Å². The molecule has 10 aromatic rings. The number of hydrogen-bond donors (Lipinski definition) is 1. The van der Waals surface area contributed by atoms with Gasteiger partial charge in [-0.15, -0.1) is 48.0 Å². The molecule has 592 valence electrons. The Morgan fingerprint density at radius 1 is 0.631 bits per heavy atom. The van der Waals surface area contributed by atoms with Crippen LogP contribution in [-0.2, 0) is 62.5 Å². The quantitative estimate of drug-likeness (QED) is 0.0212. The second-order valence-electron chi connectivity index (χ2n) is 30.3. The Morgan fingerprint density at radius 2 is 1.06 bits per heavy atom. The smallest absolute Gasteiger partial charge is 0.706 e. The maximum absolute atomic E-state index is 11.8. The van der Waals surface area contributed by atoms with Gasteiger partial charge in [0.1, 0.15) is 40.4 Å². The fraction of sp³-hybridized carbons (Fsp3) is 0.378. The fourth-order valence-electron chi connectivity index (χ4n) is 13.8. The number of halogens is 1. The van der Waals surface area contributed by atoms with Crippen molar-refractivity contribution in [3.8, 4) is 33.8 Å². The number of pyridine rings is 2. The molecule has 2 aliphatic carbocycles. The fourth-order valence-corrected chi connectivity index (χ4v) is 18.7. The molecule has 21 heteroatoms. The molecule has 2 N–H and O–H groups in total. The minimum atomic E-state index is -3.67. The summed E-state index contributed by atoms with van der Waals surface area (Å²) in [5.41, 5.74) is 26.2. The Hall–Kier alpha value is -8.01. The SMILES string of the molecule is C=C(C)B1OC(C)(C)C(C)(C)O1.C=C(C)c1c(OCc2ccccc2)ccc2c(C(=O)OC)cnn12.CC(C)c1cc(C(C)C)c(-c2ccccc2[PH+](C2CCCCC2)C2CCCCC2)c(C(C)C)c1.COC(=O)c1cnn2c(Br)c(OCc3ccccc3)ccc12.CS(=O)(=O)O.[NH-]c1ccccc1-c1[c-]cccc1.[Pd+2]. The number of rotatable bonds is 18. The number of fused-ring (bicyclic) bond motifs is 2. The number of carbonyl (C=O) groups excluding carboxylic acids is 2. The summed E-state index contributed by atoms with van der Waals surface area (Å²) in [7, 11) is -1.82. The van der Waals surface area contributed by atoms with Crippen LogP contribution in [0.15, 0.2) is 205 Å². The van der Waals surface area contributed by atoms with Gasteiger partial charge in [0.25, 0.3) is 10.1 Å². The van der Waals surface area contributed by atoms with E-state index in [1.165, 1.54) is 96.4 Å². The van der Waals surface area contributed by atoms with E-state index in [2.05, 4.69) is 123 Å². The van der Waals surface area contributed by atoms with E-state index in [9.17, 15) is 18.0 Å². The third-order valence-corrected chi connectivity index (χ3v) is 24.9. The summed E-state index contributed by atoms with van der Waals surface area (Å²) < 4.78 is 62.5. The maximum atomic E-state index is 11.8. The number of hydrogen-bond acceptors (Lipinski definition) is 12. The molecule has 0 bridgehead atoms. The first kappa shape index (κ1) is 90.2. The zero-order valence-electron chi connectivity index (χ0n) is 67.1. The number of carbonyl (C=O) groups is 2. The normalized spacial score (nSPS) is 14.5. The number of allylic oxidation sites excluding steroid dienone is 2. The molecule has 3 aliphatic rings. The third kappa shape index (κ3) is 24.7. The van der Waals surface area contributed by atoms with E-state index in [4.69, 9.17) is 38.5 Å². The maximum Gasteiger partial charge on any atom is 2.00 e. The van der Waals surface area contributed by atoms with Crippen LogP contribution in [0.2, 0.25) is 0 Å². The zero-order valence-corrected chi connectivity index (χ0v) is 72.1. The van der Waals surface area contributed by atoms with Crippen LogP contribution in [-0.4, -0.2) is 94.3 Å². The molecule has 0 amide bonds. The van der Waals surface area contributed by atoms with Gasteiger partial charge in [-0.25, -0.2) is 18.6 Å². The summed E-state index contributed by atoms with van der Waals surface area (Å²) in [5.74, 6) is 2.13. The molecule has 1 aliphatic heterocycles. The zero-order chi connectivity index (χ0) is 80.0. The van der Waals surface area contributed by atoms with Crippen LogP contribution in [0, 0.1) is 6.07 Å². The van der Waals surface area contributed by atoms with Gasteiger partial charge < -0.3 is 34.0 Å². The summed E-state index contributed by atoms with van der Waals surface area (Å²) in [6.45, 7) is 35.0. The van der Waals surface area contributed by atoms with E-state index in [0.29, 0.717) is 81.2 Å². The second kappa shape index (κ2) is 42.2. The average Bonchev–Trinajstić information content (AvgIpc) is 1.62. The average molecular weight is 1700 g/mol. The Labute approximate surface area is 683 Å². The topological polar surface area (TPSA) is 202 Å². The summed E-state index contributed by atoms with van der Waals surface area (Å²) in [5, 5.41) is 10.3.